The lowest BCUT2D eigenvalue weighted by Crippen LogP contribution is -2.08. The lowest BCUT2D eigenvalue weighted by molar-refractivity contribution is 0.263. The number of hydrogen-bond acceptors (Lipinski definition) is 2. The van der Waals surface area contributed by atoms with Crippen molar-refractivity contribution >= 4 is 17.0 Å². The van der Waals surface area contributed by atoms with E-state index in [2.05, 4.69) is 5.32 Å². The van der Waals surface area contributed by atoms with E-state index in [9.17, 15) is 4.79 Å². The fraction of sp³-hybridized carbons (Fsp3) is 0.400. The Labute approximate surface area is 53.3 Å². The molecule has 1 amide bonds. The van der Waals surface area contributed by atoms with Crippen molar-refractivity contribution in [2.75, 3.05) is 6.26 Å². The first-order chi connectivity index (χ1) is 3.81. The largest absolute Gasteiger partial charge is 0.324 e. The van der Waals surface area contributed by atoms with Gasteiger partial charge < -0.3 is 5.32 Å². The average Bonchev–Trinajstić information content (AvgIpc) is 1.83. The van der Waals surface area contributed by atoms with Crippen LogP contribution in [0.1, 0.15) is 6.92 Å². The van der Waals surface area contributed by atoms with Crippen LogP contribution in [0.2, 0.25) is 0 Å². The number of carbonyl (C=O) groups excluding carboxylic acids is 1. The second-order valence-corrected chi connectivity index (χ2v) is 1.91. The molecular weight excluding hydrogens is 122 g/mol. The molecule has 0 spiro atoms. The van der Waals surface area contributed by atoms with E-state index in [1.54, 1.807) is 18.5 Å². The minimum absolute atomic E-state index is 0.0249. The van der Waals surface area contributed by atoms with Crippen LogP contribution >= 0.6 is 11.8 Å². The minimum atomic E-state index is -0.0249. The molecule has 0 aliphatic rings. The van der Waals surface area contributed by atoms with Crippen molar-refractivity contribution in [1.29, 1.82) is 0 Å². The molecule has 0 saturated carbocycles. The van der Waals surface area contributed by atoms with Gasteiger partial charge in [-0.3, -0.25) is 4.79 Å². The molecule has 0 saturated heterocycles. The predicted octanol–water partition coefficient (Wildman–Crippen LogP) is 1.59. The number of allylic oxidation sites excluding steroid dienone is 1. The highest BCUT2D eigenvalue weighted by atomic mass is 32.2. The molecule has 3 heteroatoms. The van der Waals surface area contributed by atoms with Gasteiger partial charge in [-0.15, -0.1) is 0 Å². The maximum atomic E-state index is 10.4. The van der Waals surface area contributed by atoms with E-state index in [0.717, 1.165) is 11.8 Å². The van der Waals surface area contributed by atoms with E-state index in [1.807, 2.05) is 6.92 Å². The zero-order valence-electron chi connectivity index (χ0n) is 4.97. The summed E-state index contributed by atoms with van der Waals surface area (Å²) in [6.45, 7) is 1.85. The molecule has 0 bridgehead atoms. The summed E-state index contributed by atoms with van der Waals surface area (Å²) in [5.41, 5.74) is 0. The van der Waals surface area contributed by atoms with Crippen LogP contribution in [0.25, 0.3) is 0 Å². The molecule has 0 aromatic rings. The number of thioether (sulfide) groups is 1. The molecule has 0 radical (unpaired) electrons. The Morgan fingerprint density at radius 1 is 1.75 bits per heavy atom. The van der Waals surface area contributed by atoms with Crippen molar-refractivity contribution in [2.45, 2.75) is 6.92 Å². The first kappa shape index (κ1) is 7.56. The van der Waals surface area contributed by atoms with Crippen molar-refractivity contribution in [3.63, 3.8) is 0 Å². The molecule has 0 fully saturated rings. The number of carbonyl (C=O) groups is 1. The number of amides is 1. The maximum absolute atomic E-state index is 10.4. The van der Waals surface area contributed by atoms with Crippen LogP contribution in [0.4, 0.5) is 4.79 Å². The molecule has 2 nitrogen and oxygen atoms in total. The molecular formula is C5H9NOS. The number of nitrogens with one attached hydrogen (secondary N) is 1. The molecule has 8 heavy (non-hydrogen) atoms. The molecule has 0 heterocycles. The Morgan fingerprint density at radius 3 is 2.75 bits per heavy atom. The van der Waals surface area contributed by atoms with E-state index < -0.39 is 0 Å². The van der Waals surface area contributed by atoms with Crippen molar-refractivity contribution in [2.24, 2.45) is 0 Å². The first-order valence-electron chi connectivity index (χ1n) is 2.27. The Bertz CT molecular complexity index is 101. The third-order valence-electron chi connectivity index (χ3n) is 0.553. The van der Waals surface area contributed by atoms with E-state index in [4.69, 9.17) is 0 Å². The van der Waals surface area contributed by atoms with Gasteiger partial charge in [-0.25, -0.2) is 0 Å². The highest BCUT2D eigenvalue weighted by molar-refractivity contribution is 8.12. The summed E-state index contributed by atoms with van der Waals surface area (Å²) in [6.07, 6.45) is 5.12. The monoisotopic (exact) mass is 131 g/mol. The standard InChI is InChI=1S/C5H9NOS/c1-3-4-6-5(7)8-2/h3-4H,1-2H3,(H,6,7)/b4-3+. The molecule has 0 aromatic heterocycles. The third-order valence-corrected chi connectivity index (χ3v) is 1.04. The van der Waals surface area contributed by atoms with Gasteiger partial charge in [0.1, 0.15) is 0 Å². The zero-order valence-corrected chi connectivity index (χ0v) is 5.79. The van der Waals surface area contributed by atoms with Gasteiger partial charge in [-0.05, 0) is 13.2 Å². The van der Waals surface area contributed by atoms with Crippen LogP contribution < -0.4 is 5.32 Å². The van der Waals surface area contributed by atoms with Crippen LogP contribution in [-0.2, 0) is 0 Å². The van der Waals surface area contributed by atoms with Gasteiger partial charge in [0.15, 0.2) is 0 Å². The summed E-state index contributed by atoms with van der Waals surface area (Å²) in [7, 11) is 0. The van der Waals surface area contributed by atoms with Crippen LogP contribution in [0.15, 0.2) is 12.3 Å². The molecule has 0 atom stereocenters. The molecule has 0 unspecified atom stereocenters. The van der Waals surface area contributed by atoms with Gasteiger partial charge in [0.2, 0.25) is 0 Å². The Kier molecular flexibility index (Phi) is 4.45. The van der Waals surface area contributed by atoms with Crippen molar-refractivity contribution in [3.05, 3.63) is 12.3 Å². The zero-order chi connectivity index (χ0) is 6.41. The van der Waals surface area contributed by atoms with Crippen LogP contribution in [-0.4, -0.2) is 11.5 Å². The lowest BCUT2D eigenvalue weighted by Gasteiger charge is -1.89. The summed E-state index contributed by atoms with van der Waals surface area (Å²) < 4.78 is 0. The molecule has 0 rings (SSSR count). The van der Waals surface area contributed by atoms with Gasteiger partial charge in [-0.1, -0.05) is 17.8 Å². The van der Waals surface area contributed by atoms with Crippen LogP contribution in [0.3, 0.4) is 0 Å². The van der Waals surface area contributed by atoms with Gasteiger partial charge in [-0.2, -0.15) is 0 Å². The van der Waals surface area contributed by atoms with Crippen molar-refractivity contribution in [1.82, 2.24) is 5.32 Å². The number of rotatable bonds is 1. The first-order valence-corrected chi connectivity index (χ1v) is 3.49. The predicted molar refractivity (Wildman–Crippen MR) is 36.9 cm³/mol. The fourth-order valence-corrected chi connectivity index (χ4v) is 0.396. The van der Waals surface area contributed by atoms with Crippen LogP contribution in [0.5, 0.6) is 0 Å². The average molecular weight is 131 g/mol. The van der Waals surface area contributed by atoms with E-state index >= 15 is 0 Å². The van der Waals surface area contributed by atoms with Gasteiger partial charge >= 0.3 is 0 Å². The van der Waals surface area contributed by atoms with Crippen LogP contribution in [0, 0.1) is 0 Å². The topological polar surface area (TPSA) is 29.1 Å². The summed E-state index contributed by atoms with van der Waals surface area (Å²) >= 11 is 1.16. The Hall–Kier alpha value is -0.440. The third kappa shape index (κ3) is 3.74. The molecule has 0 aromatic carbocycles. The Balaban J connectivity index is 3.25. The van der Waals surface area contributed by atoms with Gasteiger partial charge in [0.25, 0.3) is 5.24 Å². The highest BCUT2D eigenvalue weighted by Crippen LogP contribution is 1.90. The summed E-state index contributed by atoms with van der Waals surface area (Å²) in [5.74, 6) is 0. The molecule has 0 aliphatic carbocycles. The lowest BCUT2D eigenvalue weighted by atomic mass is 10.7. The maximum Gasteiger partial charge on any atom is 0.282 e. The van der Waals surface area contributed by atoms with Gasteiger partial charge in [0, 0.05) is 6.20 Å². The second kappa shape index (κ2) is 4.71. The molecule has 0 aliphatic heterocycles. The summed E-state index contributed by atoms with van der Waals surface area (Å²) in [6, 6.07) is 0. The normalized spacial score (nSPS) is 9.75. The van der Waals surface area contributed by atoms with Crippen molar-refractivity contribution < 1.29 is 4.79 Å². The number of hydrogen-bond donors (Lipinski definition) is 1. The molecule has 46 valence electrons. The Morgan fingerprint density at radius 2 is 2.38 bits per heavy atom. The fourth-order valence-electron chi connectivity index (χ4n) is 0.210. The minimum Gasteiger partial charge on any atom is -0.324 e. The highest BCUT2D eigenvalue weighted by Gasteiger charge is 1.88. The summed E-state index contributed by atoms with van der Waals surface area (Å²) in [5, 5.41) is 2.50. The second-order valence-electron chi connectivity index (χ2n) is 1.14. The van der Waals surface area contributed by atoms with E-state index in [-0.39, 0.29) is 5.24 Å². The van der Waals surface area contributed by atoms with Crippen molar-refractivity contribution in [3.8, 4) is 0 Å². The van der Waals surface area contributed by atoms with Gasteiger partial charge in [0.05, 0.1) is 0 Å². The molecule has 1 N–H and O–H groups in total. The van der Waals surface area contributed by atoms with E-state index in [1.165, 1.54) is 0 Å². The smallest absolute Gasteiger partial charge is 0.282 e. The van der Waals surface area contributed by atoms with E-state index in [0.29, 0.717) is 0 Å². The SMILES string of the molecule is C/C=C/NC(=O)SC. The quantitative estimate of drug-likeness (QED) is 0.585. The summed E-state index contributed by atoms with van der Waals surface area (Å²) in [4.78, 5) is 10.4.